The molecule has 6 heteroatoms. The van der Waals surface area contributed by atoms with Crippen LogP contribution in [-0.2, 0) is 7.05 Å². The topological polar surface area (TPSA) is 76.4 Å². The third-order valence-electron chi connectivity index (χ3n) is 4.46. The molecule has 0 radical (unpaired) electrons. The Bertz CT molecular complexity index is 949. The lowest BCUT2D eigenvalue weighted by Crippen LogP contribution is -2.28. The molecule has 146 valence electrons. The van der Waals surface area contributed by atoms with E-state index in [4.69, 9.17) is 4.74 Å². The van der Waals surface area contributed by atoms with Crippen molar-refractivity contribution in [2.75, 3.05) is 6.54 Å². The molecular formula is C22H25N3O3. The number of benzene rings is 2. The number of amides is 1. The lowest BCUT2D eigenvalue weighted by Gasteiger charge is -2.16. The van der Waals surface area contributed by atoms with Gasteiger partial charge in [0.2, 0.25) is 0 Å². The highest BCUT2D eigenvalue weighted by Gasteiger charge is 2.17. The van der Waals surface area contributed by atoms with Gasteiger partial charge in [0.05, 0.1) is 17.9 Å². The molecule has 1 atom stereocenters. The third kappa shape index (κ3) is 4.58. The highest BCUT2D eigenvalue weighted by Crippen LogP contribution is 2.32. The van der Waals surface area contributed by atoms with Crippen molar-refractivity contribution in [3.05, 3.63) is 77.6 Å². The van der Waals surface area contributed by atoms with Crippen LogP contribution >= 0.6 is 0 Å². The summed E-state index contributed by atoms with van der Waals surface area (Å²) in [6.07, 6.45) is 2.47. The Morgan fingerprint density at radius 1 is 1.14 bits per heavy atom. The van der Waals surface area contributed by atoms with Crippen LogP contribution < -0.4 is 10.1 Å². The number of aliphatic hydroxyl groups is 1. The molecule has 2 N–H and O–H groups in total. The average Bonchev–Trinajstić information content (AvgIpc) is 3.13. The number of ether oxygens (including phenoxy) is 1. The zero-order chi connectivity index (χ0) is 20.1. The van der Waals surface area contributed by atoms with Crippen LogP contribution in [0, 0.1) is 0 Å². The summed E-state index contributed by atoms with van der Waals surface area (Å²) in [6, 6.07) is 14.9. The van der Waals surface area contributed by atoms with Crippen LogP contribution in [0.4, 0.5) is 0 Å². The Balaban J connectivity index is 1.74. The van der Waals surface area contributed by atoms with Crippen molar-refractivity contribution in [3.63, 3.8) is 0 Å². The molecule has 6 nitrogen and oxygen atoms in total. The van der Waals surface area contributed by atoms with E-state index in [2.05, 4.69) is 24.3 Å². The van der Waals surface area contributed by atoms with Crippen molar-refractivity contribution >= 4 is 5.91 Å². The summed E-state index contributed by atoms with van der Waals surface area (Å²) in [4.78, 5) is 12.7. The molecule has 0 saturated heterocycles. The first-order valence-electron chi connectivity index (χ1n) is 9.26. The fraction of sp³-hybridized carbons (Fsp3) is 0.273. The van der Waals surface area contributed by atoms with E-state index in [0.29, 0.717) is 22.8 Å². The van der Waals surface area contributed by atoms with Crippen molar-refractivity contribution in [1.29, 1.82) is 0 Å². The number of carbonyl (C=O) groups is 1. The number of hydrogen-bond acceptors (Lipinski definition) is 4. The number of aliphatic hydroxyl groups excluding tert-OH is 1. The molecule has 3 aromatic rings. The zero-order valence-corrected chi connectivity index (χ0v) is 16.3. The summed E-state index contributed by atoms with van der Waals surface area (Å²) in [5.74, 6) is 1.20. The molecular weight excluding hydrogens is 354 g/mol. The van der Waals surface area contributed by atoms with E-state index >= 15 is 0 Å². The van der Waals surface area contributed by atoms with E-state index in [1.54, 1.807) is 42.3 Å². The third-order valence-corrected chi connectivity index (χ3v) is 4.46. The molecule has 2 aromatic carbocycles. The Morgan fingerprint density at radius 2 is 1.82 bits per heavy atom. The normalized spacial score (nSPS) is 12.0. The summed E-state index contributed by atoms with van der Waals surface area (Å²) in [6.45, 7) is 4.28. The summed E-state index contributed by atoms with van der Waals surface area (Å²) >= 11 is 0. The van der Waals surface area contributed by atoms with E-state index in [1.807, 2.05) is 30.3 Å². The number of nitrogens with one attached hydrogen (secondary N) is 1. The smallest absolute Gasteiger partial charge is 0.255 e. The van der Waals surface area contributed by atoms with Gasteiger partial charge in [0, 0.05) is 25.4 Å². The zero-order valence-electron chi connectivity index (χ0n) is 16.3. The van der Waals surface area contributed by atoms with E-state index < -0.39 is 6.10 Å². The van der Waals surface area contributed by atoms with Gasteiger partial charge in [0.1, 0.15) is 11.5 Å². The predicted octanol–water partition coefficient (Wildman–Crippen LogP) is 3.80. The molecule has 1 aromatic heterocycles. The maximum Gasteiger partial charge on any atom is 0.255 e. The van der Waals surface area contributed by atoms with Crippen molar-refractivity contribution in [2.45, 2.75) is 25.9 Å². The largest absolute Gasteiger partial charge is 0.456 e. The number of hydrogen-bond donors (Lipinski definition) is 2. The van der Waals surface area contributed by atoms with Gasteiger partial charge in [-0.2, -0.15) is 5.10 Å². The number of carbonyl (C=O) groups excluding carboxylic acids is 1. The summed E-state index contributed by atoms with van der Waals surface area (Å²) in [5.41, 5.74) is 2.14. The fourth-order valence-electron chi connectivity index (χ4n) is 2.93. The van der Waals surface area contributed by atoms with Crippen LogP contribution in [0.3, 0.4) is 0 Å². The van der Waals surface area contributed by atoms with Crippen molar-refractivity contribution in [2.24, 2.45) is 7.05 Å². The Hall–Kier alpha value is -3.12. The maximum absolute atomic E-state index is 12.7. The minimum Gasteiger partial charge on any atom is -0.456 e. The SMILES string of the molecule is CC(C)c1ccccc1Oc1ccccc1C(=O)NCC(O)c1cnn(C)c1. The number of para-hydroxylation sites is 2. The second kappa shape index (κ2) is 8.71. The summed E-state index contributed by atoms with van der Waals surface area (Å²) in [7, 11) is 1.78. The molecule has 0 fully saturated rings. The van der Waals surface area contributed by atoms with Crippen LogP contribution in [0.5, 0.6) is 11.5 Å². The quantitative estimate of drug-likeness (QED) is 0.655. The second-order valence-electron chi connectivity index (χ2n) is 6.96. The lowest BCUT2D eigenvalue weighted by molar-refractivity contribution is 0.0914. The van der Waals surface area contributed by atoms with Gasteiger partial charge in [0.15, 0.2) is 0 Å². The first kappa shape index (κ1) is 19.6. The molecule has 28 heavy (non-hydrogen) atoms. The number of rotatable bonds is 7. The highest BCUT2D eigenvalue weighted by molar-refractivity contribution is 5.97. The molecule has 1 heterocycles. The minimum absolute atomic E-state index is 0.0848. The van der Waals surface area contributed by atoms with Gasteiger partial charge in [-0.15, -0.1) is 0 Å². The molecule has 1 amide bonds. The summed E-state index contributed by atoms with van der Waals surface area (Å²) in [5, 5.41) is 17.0. The number of aromatic nitrogens is 2. The van der Waals surface area contributed by atoms with E-state index in [1.165, 1.54) is 0 Å². The van der Waals surface area contributed by atoms with Gasteiger partial charge in [-0.3, -0.25) is 9.48 Å². The predicted molar refractivity (Wildman–Crippen MR) is 108 cm³/mol. The van der Waals surface area contributed by atoms with E-state index in [9.17, 15) is 9.90 Å². The Kier molecular flexibility index (Phi) is 6.11. The Morgan fingerprint density at radius 3 is 2.50 bits per heavy atom. The molecule has 0 spiro atoms. The van der Waals surface area contributed by atoms with Gasteiger partial charge < -0.3 is 15.2 Å². The van der Waals surface area contributed by atoms with Gasteiger partial charge in [-0.25, -0.2) is 0 Å². The molecule has 0 aliphatic heterocycles. The molecule has 0 saturated carbocycles. The molecule has 0 aliphatic rings. The van der Waals surface area contributed by atoms with Gasteiger partial charge in [-0.1, -0.05) is 44.2 Å². The van der Waals surface area contributed by atoms with E-state index in [0.717, 1.165) is 11.3 Å². The first-order valence-corrected chi connectivity index (χ1v) is 9.26. The van der Waals surface area contributed by atoms with Gasteiger partial charge in [0.25, 0.3) is 5.91 Å². The first-order chi connectivity index (χ1) is 13.5. The van der Waals surface area contributed by atoms with Crippen LogP contribution in [0.1, 0.15) is 47.4 Å². The van der Waals surface area contributed by atoms with Gasteiger partial charge in [-0.05, 0) is 29.7 Å². The second-order valence-corrected chi connectivity index (χ2v) is 6.96. The van der Waals surface area contributed by atoms with Crippen molar-refractivity contribution < 1.29 is 14.6 Å². The summed E-state index contributed by atoms with van der Waals surface area (Å²) < 4.78 is 7.69. The standard InChI is InChI=1S/C22H25N3O3/c1-15(2)17-8-4-6-10-20(17)28-21-11-7-5-9-18(21)22(27)23-13-19(26)16-12-24-25(3)14-16/h4-12,14-15,19,26H,13H2,1-3H3,(H,23,27). The van der Waals surface area contributed by atoms with Crippen LogP contribution in [-0.4, -0.2) is 27.3 Å². The van der Waals surface area contributed by atoms with Crippen LogP contribution in [0.25, 0.3) is 0 Å². The van der Waals surface area contributed by atoms with Crippen molar-refractivity contribution in [3.8, 4) is 11.5 Å². The monoisotopic (exact) mass is 379 g/mol. The van der Waals surface area contributed by atoms with E-state index in [-0.39, 0.29) is 12.5 Å². The van der Waals surface area contributed by atoms with Crippen LogP contribution in [0.15, 0.2) is 60.9 Å². The van der Waals surface area contributed by atoms with Gasteiger partial charge >= 0.3 is 0 Å². The molecule has 0 bridgehead atoms. The average molecular weight is 379 g/mol. The minimum atomic E-state index is -0.826. The highest BCUT2D eigenvalue weighted by atomic mass is 16.5. The van der Waals surface area contributed by atoms with Crippen molar-refractivity contribution in [1.82, 2.24) is 15.1 Å². The molecule has 3 rings (SSSR count). The number of aryl methyl sites for hydroxylation is 1. The molecule has 1 unspecified atom stereocenters. The Labute approximate surface area is 164 Å². The lowest BCUT2D eigenvalue weighted by atomic mass is 10.0. The maximum atomic E-state index is 12.7. The fourth-order valence-corrected chi connectivity index (χ4v) is 2.93. The number of nitrogens with zero attached hydrogens (tertiary/aromatic N) is 2. The van der Waals surface area contributed by atoms with Crippen LogP contribution in [0.2, 0.25) is 0 Å². The molecule has 0 aliphatic carbocycles.